The first kappa shape index (κ1) is 15.2. The predicted octanol–water partition coefficient (Wildman–Crippen LogP) is 4.33. The van der Waals surface area contributed by atoms with Gasteiger partial charge in [0.15, 0.2) is 5.54 Å². The van der Waals surface area contributed by atoms with E-state index in [4.69, 9.17) is 0 Å². The molecular weight excluding hydrogens is 320 g/mol. The van der Waals surface area contributed by atoms with Crippen LogP contribution in [0.15, 0.2) is 72.9 Å². The molecule has 3 heterocycles. The van der Waals surface area contributed by atoms with Gasteiger partial charge in [0.2, 0.25) is 0 Å². The summed E-state index contributed by atoms with van der Waals surface area (Å²) < 4.78 is 2.16. The third-order valence-electron chi connectivity index (χ3n) is 5.78. The molecule has 0 saturated carbocycles. The molecule has 2 aliphatic rings. The maximum Gasteiger partial charge on any atom is 0.258 e. The van der Waals surface area contributed by atoms with E-state index in [-0.39, 0.29) is 11.8 Å². The van der Waals surface area contributed by atoms with E-state index in [0.717, 1.165) is 16.9 Å². The summed E-state index contributed by atoms with van der Waals surface area (Å²) in [7, 11) is 1.88. The molecule has 0 bridgehead atoms. The van der Waals surface area contributed by atoms with Crippen LogP contribution in [0.5, 0.6) is 0 Å². The van der Waals surface area contributed by atoms with Crippen LogP contribution in [0.4, 0.5) is 5.69 Å². The molecule has 3 aromatic rings. The van der Waals surface area contributed by atoms with Gasteiger partial charge in [-0.3, -0.25) is 4.79 Å². The van der Waals surface area contributed by atoms with Crippen LogP contribution in [0.1, 0.15) is 28.3 Å². The maximum atomic E-state index is 13.7. The number of rotatable bonds is 1. The molecule has 0 unspecified atom stereocenters. The molecule has 3 heteroatoms. The first-order chi connectivity index (χ1) is 12.6. The average Bonchev–Trinajstić information content (AvgIpc) is 3.22. The smallest absolute Gasteiger partial charge is 0.258 e. The van der Waals surface area contributed by atoms with Crippen LogP contribution in [0, 0.1) is 6.92 Å². The molecule has 0 aliphatic carbocycles. The Balaban J connectivity index is 1.87. The minimum absolute atomic E-state index is 0.0547. The Labute approximate surface area is 153 Å². The zero-order chi connectivity index (χ0) is 17.9. The van der Waals surface area contributed by atoms with E-state index < -0.39 is 5.54 Å². The quantitative estimate of drug-likeness (QED) is 0.647. The van der Waals surface area contributed by atoms with Crippen molar-refractivity contribution in [2.75, 3.05) is 11.9 Å². The van der Waals surface area contributed by atoms with Crippen LogP contribution in [0.25, 0.3) is 6.08 Å². The second-order valence-corrected chi connectivity index (χ2v) is 7.20. The molecule has 0 fully saturated rings. The van der Waals surface area contributed by atoms with Gasteiger partial charge in [-0.15, -0.1) is 0 Å². The number of anilines is 1. The van der Waals surface area contributed by atoms with Gasteiger partial charge in [-0.2, -0.15) is 0 Å². The number of nitrogens with zero attached hydrogens (tertiary/aromatic N) is 2. The molecule has 0 N–H and O–H groups in total. The van der Waals surface area contributed by atoms with Gasteiger partial charge in [0.1, 0.15) is 0 Å². The van der Waals surface area contributed by atoms with E-state index in [1.165, 1.54) is 11.1 Å². The highest BCUT2D eigenvalue weighted by atomic mass is 16.2. The molecule has 0 saturated heterocycles. The average molecular weight is 340 g/mol. The fourth-order valence-corrected chi connectivity index (χ4v) is 4.65. The van der Waals surface area contributed by atoms with Gasteiger partial charge >= 0.3 is 0 Å². The second-order valence-electron chi connectivity index (χ2n) is 7.20. The number of benzene rings is 2. The molecule has 26 heavy (non-hydrogen) atoms. The monoisotopic (exact) mass is 340 g/mol. The van der Waals surface area contributed by atoms with Crippen LogP contribution in [0.2, 0.25) is 0 Å². The van der Waals surface area contributed by atoms with Crippen molar-refractivity contribution in [3.63, 3.8) is 0 Å². The number of carbonyl (C=O) groups excluding carboxylic acids is 1. The molecule has 3 nitrogen and oxygen atoms in total. The van der Waals surface area contributed by atoms with E-state index >= 15 is 0 Å². The van der Waals surface area contributed by atoms with Crippen molar-refractivity contribution in [1.29, 1.82) is 0 Å². The summed E-state index contributed by atoms with van der Waals surface area (Å²) in [6.07, 6.45) is 6.36. The van der Waals surface area contributed by atoms with Crippen LogP contribution in [0.3, 0.4) is 0 Å². The van der Waals surface area contributed by atoms with Gasteiger partial charge in [0.25, 0.3) is 5.91 Å². The third kappa shape index (κ3) is 1.75. The number of allylic oxidation sites excluding steroid dienone is 1. The van der Waals surface area contributed by atoms with Crippen LogP contribution in [-0.4, -0.2) is 17.5 Å². The number of fused-ring (bicyclic) bond motifs is 4. The summed E-state index contributed by atoms with van der Waals surface area (Å²) in [6, 6.07) is 20.8. The fraction of sp³-hybridized carbons (Fsp3) is 0.174. The van der Waals surface area contributed by atoms with E-state index in [1.807, 2.05) is 37.5 Å². The normalized spacial score (nSPS) is 23.4. The van der Waals surface area contributed by atoms with Gasteiger partial charge < -0.3 is 9.47 Å². The molecule has 1 amide bonds. The van der Waals surface area contributed by atoms with Crippen molar-refractivity contribution in [2.45, 2.75) is 18.4 Å². The SMILES string of the molecule is Cc1cccc([C@@H]2C=Cc3cccn3[C@]23C(=O)N(C)c2ccccc23)c1. The highest BCUT2D eigenvalue weighted by Crippen LogP contribution is 2.53. The highest BCUT2D eigenvalue weighted by Gasteiger charge is 2.57. The van der Waals surface area contributed by atoms with Crippen molar-refractivity contribution < 1.29 is 4.79 Å². The first-order valence-electron chi connectivity index (χ1n) is 8.94. The van der Waals surface area contributed by atoms with Gasteiger partial charge in [0.05, 0.1) is 0 Å². The number of hydrogen-bond donors (Lipinski definition) is 0. The summed E-state index contributed by atoms with van der Waals surface area (Å²) >= 11 is 0. The van der Waals surface area contributed by atoms with Gasteiger partial charge in [-0.1, -0.05) is 54.1 Å². The fourth-order valence-electron chi connectivity index (χ4n) is 4.65. The molecule has 2 atom stereocenters. The number of para-hydroxylation sites is 1. The lowest BCUT2D eigenvalue weighted by Crippen LogP contribution is -2.50. The Morgan fingerprint density at radius 1 is 1.00 bits per heavy atom. The lowest BCUT2D eigenvalue weighted by molar-refractivity contribution is -0.124. The van der Waals surface area contributed by atoms with Crippen LogP contribution >= 0.6 is 0 Å². The molecule has 1 aromatic heterocycles. The summed E-state index contributed by atoms with van der Waals surface area (Å²) in [4.78, 5) is 15.5. The number of carbonyl (C=O) groups is 1. The van der Waals surface area contributed by atoms with Crippen molar-refractivity contribution in [3.05, 3.63) is 95.3 Å². The van der Waals surface area contributed by atoms with E-state index in [0.29, 0.717) is 0 Å². The van der Waals surface area contributed by atoms with Gasteiger partial charge in [-0.05, 0) is 36.8 Å². The molecule has 128 valence electrons. The van der Waals surface area contributed by atoms with E-state index in [9.17, 15) is 4.79 Å². The molecule has 0 radical (unpaired) electrons. The van der Waals surface area contributed by atoms with E-state index in [2.05, 4.69) is 60.0 Å². The summed E-state index contributed by atoms with van der Waals surface area (Å²) in [5.74, 6) is 0.0629. The standard InChI is InChI=1S/C23H20N2O/c1-16-7-5-8-17(15-16)19-13-12-18-9-6-14-25(18)23(19)20-10-3-4-11-21(20)24(2)22(23)26/h3-15,19H,1-2H3/t19-,23+/m0/s1. The minimum atomic E-state index is -0.771. The van der Waals surface area contributed by atoms with Crippen molar-refractivity contribution >= 4 is 17.7 Å². The number of amides is 1. The Hall–Kier alpha value is -3.07. The van der Waals surface area contributed by atoms with E-state index in [1.54, 1.807) is 4.90 Å². The van der Waals surface area contributed by atoms with Gasteiger partial charge in [0, 0.05) is 36.1 Å². The summed E-state index contributed by atoms with van der Waals surface area (Å²) in [5.41, 5.74) is 4.72. The topological polar surface area (TPSA) is 25.2 Å². The van der Waals surface area contributed by atoms with Crippen molar-refractivity contribution in [3.8, 4) is 0 Å². The molecule has 2 aliphatic heterocycles. The summed E-state index contributed by atoms with van der Waals surface area (Å²) in [6.45, 7) is 2.10. The number of aromatic nitrogens is 1. The molecular formula is C23H20N2O. The van der Waals surface area contributed by atoms with Gasteiger partial charge in [-0.25, -0.2) is 0 Å². The van der Waals surface area contributed by atoms with Crippen LogP contribution in [-0.2, 0) is 10.3 Å². The zero-order valence-corrected chi connectivity index (χ0v) is 14.9. The summed E-state index contributed by atoms with van der Waals surface area (Å²) in [5, 5.41) is 0. The number of aryl methyl sites for hydroxylation is 1. The molecule has 2 aromatic carbocycles. The molecule has 1 spiro atoms. The molecule has 5 rings (SSSR count). The maximum absolute atomic E-state index is 13.7. The first-order valence-corrected chi connectivity index (χ1v) is 8.94. The predicted molar refractivity (Wildman–Crippen MR) is 104 cm³/mol. The second kappa shape index (κ2) is 5.21. The van der Waals surface area contributed by atoms with Crippen LogP contribution < -0.4 is 4.90 Å². The van der Waals surface area contributed by atoms with Crippen molar-refractivity contribution in [1.82, 2.24) is 4.57 Å². The van der Waals surface area contributed by atoms with Crippen molar-refractivity contribution in [2.24, 2.45) is 0 Å². The Morgan fingerprint density at radius 3 is 2.69 bits per heavy atom. The number of likely N-dealkylation sites (N-methyl/N-ethyl adjacent to an activating group) is 1. The Morgan fingerprint density at radius 2 is 1.85 bits per heavy atom. The Kier molecular flexibility index (Phi) is 3.05. The largest absolute Gasteiger partial charge is 0.328 e. The minimum Gasteiger partial charge on any atom is -0.328 e. The number of hydrogen-bond acceptors (Lipinski definition) is 1. The lowest BCUT2D eigenvalue weighted by atomic mass is 9.72. The zero-order valence-electron chi connectivity index (χ0n) is 14.9. The third-order valence-corrected chi connectivity index (χ3v) is 5.78. The highest BCUT2D eigenvalue weighted by molar-refractivity contribution is 6.09. The Bertz CT molecular complexity index is 1060. The lowest BCUT2D eigenvalue weighted by Gasteiger charge is -2.40.